The third kappa shape index (κ3) is 4.99. The number of nitrogens with one attached hydrogen (secondary N) is 2. The summed E-state index contributed by atoms with van der Waals surface area (Å²) in [5.74, 6) is 0. The minimum Gasteiger partial charge on any atom is -0.370 e. The van der Waals surface area contributed by atoms with Crippen LogP contribution in [0.5, 0.6) is 0 Å². The van der Waals surface area contributed by atoms with Crippen molar-refractivity contribution in [2.45, 2.75) is 52.4 Å². The third-order valence-corrected chi connectivity index (χ3v) is 3.45. The molecule has 0 spiro atoms. The molecule has 3 nitrogen and oxygen atoms in total. The van der Waals surface area contributed by atoms with E-state index in [1.165, 1.54) is 63.0 Å². The highest BCUT2D eigenvalue weighted by Gasteiger charge is 2.16. The number of hydrogen-bond donors (Lipinski definition) is 2. The molecule has 2 aliphatic heterocycles. The summed E-state index contributed by atoms with van der Waals surface area (Å²) in [6.45, 7) is 7.31. The summed E-state index contributed by atoms with van der Waals surface area (Å²) in [5, 5.41) is 6.72. The van der Waals surface area contributed by atoms with E-state index < -0.39 is 0 Å². The Bertz CT molecular complexity index is 215. The highest BCUT2D eigenvalue weighted by atomic mass is 15.2. The molecule has 1 aliphatic carbocycles. The molecule has 0 bridgehead atoms. The van der Waals surface area contributed by atoms with Gasteiger partial charge in [0.2, 0.25) is 0 Å². The van der Waals surface area contributed by atoms with E-state index in [-0.39, 0.29) is 1.43 Å². The van der Waals surface area contributed by atoms with Crippen LogP contribution in [-0.2, 0) is 0 Å². The molecule has 3 rings (SSSR count). The first-order chi connectivity index (χ1) is 8.36. The van der Waals surface area contributed by atoms with Crippen molar-refractivity contribution >= 4 is 0 Å². The van der Waals surface area contributed by atoms with Gasteiger partial charge in [-0.05, 0) is 7.05 Å². The van der Waals surface area contributed by atoms with E-state index in [1.54, 1.807) is 0 Å². The van der Waals surface area contributed by atoms with Crippen molar-refractivity contribution < 1.29 is 1.43 Å². The molecule has 17 heavy (non-hydrogen) atoms. The Morgan fingerprint density at radius 1 is 0.882 bits per heavy atom. The van der Waals surface area contributed by atoms with Gasteiger partial charge in [0.1, 0.15) is 0 Å². The molecule has 0 aromatic carbocycles. The fourth-order valence-electron chi connectivity index (χ4n) is 1.92. The number of hydrogen-bond acceptors (Lipinski definition) is 3. The topological polar surface area (TPSA) is 27.3 Å². The van der Waals surface area contributed by atoms with Gasteiger partial charge in [0.15, 0.2) is 0 Å². The second-order valence-electron chi connectivity index (χ2n) is 4.70. The molecule has 0 aromatic rings. The Hall–Kier alpha value is -0.700. The van der Waals surface area contributed by atoms with Crippen LogP contribution < -0.4 is 10.6 Å². The largest absolute Gasteiger partial charge is 0.370 e. The molecular formula is C14H31N3. The molecule has 1 fully saturated rings. The monoisotopic (exact) mass is 241 g/mol. The van der Waals surface area contributed by atoms with Gasteiger partial charge >= 0.3 is 0 Å². The lowest BCUT2D eigenvalue weighted by molar-refractivity contribution is 0.346. The zero-order valence-electron chi connectivity index (χ0n) is 11.8. The van der Waals surface area contributed by atoms with Gasteiger partial charge in [-0.3, -0.25) is 0 Å². The lowest BCUT2D eigenvalue weighted by atomic mass is 10.0. The molecule has 2 heterocycles. The summed E-state index contributed by atoms with van der Waals surface area (Å²) in [6, 6.07) is 0. The quantitative estimate of drug-likeness (QED) is 0.683. The lowest BCUT2D eigenvalue weighted by Crippen LogP contribution is -2.24. The van der Waals surface area contributed by atoms with Gasteiger partial charge in [0, 0.05) is 38.8 Å². The summed E-state index contributed by atoms with van der Waals surface area (Å²) in [7, 11) is 2.18. The van der Waals surface area contributed by atoms with Crippen molar-refractivity contribution in [2.75, 3.05) is 26.8 Å². The lowest BCUT2D eigenvalue weighted by Gasteiger charge is -2.13. The van der Waals surface area contributed by atoms with Crippen LogP contribution >= 0.6 is 0 Å². The number of rotatable bonds is 0. The first-order valence-electron chi connectivity index (χ1n) is 7.24. The van der Waals surface area contributed by atoms with Crippen LogP contribution in [0.2, 0.25) is 0 Å². The van der Waals surface area contributed by atoms with Crippen molar-refractivity contribution in [1.29, 1.82) is 0 Å². The zero-order valence-corrected chi connectivity index (χ0v) is 11.8. The van der Waals surface area contributed by atoms with E-state index in [2.05, 4.69) is 22.6 Å². The van der Waals surface area contributed by atoms with Crippen molar-refractivity contribution in [3.63, 3.8) is 0 Å². The zero-order chi connectivity index (χ0) is 12.5. The van der Waals surface area contributed by atoms with E-state index in [4.69, 9.17) is 0 Å². The highest BCUT2D eigenvalue weighted by Crippen LogP contribution is 2.16. The Labute approximate surface area is 108 Å². The Morgan fingerprint density at radius 3 is 1.65 bits per heavy atom. The van der Waals surface area contributed by atoms with E-state index >= 15 is 0 Å². The molecular weight excluding hydrogens is 210 g/mol. The SMILES string of the molecule is C1CCC1.CC.CN1CCC2=C(CC1)NCN2.[HH]. The second-order valence-corrected chi connectivity index (χ2v) is 4.70. The minimum atomic E-state index is 0. The molecule has 0 aromatic heterocycles. The first-order valence-corrected chi connectivity index (χ1v) is 7.24. The summed E-state index contributed by atoms with van der Waals surface area (Å²) < 4.78 is 0. The molecule has 0 atom stereocenters. The average molecular weight is 241 g/mol. The highest BCUT2D eigenvalue weighted by molar-refractivity contribution is 5.17. The van der Waals surface area contributed by atoms with Crippen molar-refractivity contribution in [2.24, 2.45) is 0 Å². The second kappa shape index (κ2) is 8.40. The van der Waals surface area contributed by atoms with Crippen LogP contribution in [-0.4, -0.2) is 31.7 Å². The van der Waals surface area contributed by atoms with Gasteiger partial charge in [-0.2, -0.15) is 0 Å². The average Bonchev–Trinajstić information content (AvgIpc) is 2.65. The minimum absolute atomic E-state index is 0. The van der Waals surface area contributed by atoms with Gasteiger partial charge < -0.3 is 15.5 Å². The molecule has 3 aliphatic rings. The van der Waals surface area contributed by atoms with Crippen LogP contribution in [0.25, 0.3) is 0 Å². The molecule has 3 heteroatoms. The fourth-order valence-corrected chi connectivity index (χ4v) is 1.92. The van der Waals surface area contributed by atoms with Crippen LogP contribution in [0.3, 0.4) is 0 Å². The van der Waals surface area contributed by atoms with Crippen molar-refractivity contribution in [3.8, 4) is 0 Å². The molecule has 0 saturated heterocycles. The summed E-state index contributed by atoms with van der Waals surface area (Å²) in [4.78, 5) is 2.38. The number of nitrogens with zero attached hydrogens (tertiary/aromatic N) is 1. The maximum atomic E-state index is 3.36. The summed E-state index contributed by atoms with van der Waals surface area (Å²) >= 11 is 0. The smallest absolute Gasteiger partial charge is 0.0845 e. The van der Waals surface area contributed by atoms with Crippen molar-refractivity contribution in [1.82, 2.24) is 15.5 Å². The molecule has 102 valence electrons. The Morgan fingerprint density at radius 2 is 1.29 bits per heavy atom. The molecule has 0 unspecified atom stereocenters. The van der Waals surface area contributed by atoms with Crippen LogP contribution in [0.4, 0.5) is 0 Å². The normalized spacial score (nSPS) is 22.5. The van der Waals surface area contributed by atoms with Crippen molar-refractivity contribution in [3.05, 3.63) is 11.4 Å². The van der Waals surface area contributed by atoms with Gasteiger partial charge in [-0.15, -0.1) is 0 Å². The van der Waals surface area contributed by atoms with Crippen LogP contribution in [0.1, 0.15) is 53.8 Å². The summed E-state index contributed by atoms with van der Waals surface area (Å²) in [6.07, 6.45) is 8.36. The van der Waals surface area contributed by atoms with E-state index in [9.17, 15) is 0 Å². The molecule has 0 radical (unpaired) electrons. The predicted octanol–water partition coefficient (Wildman–Crippen LogP) is 2.91. The van der Waals surface area contributed by atoms with Crippen LogP contribution in [0.15, 0.2) is 11.4 Å². The van der Waals surface area contributed by atoms with Gasteiger partial charge in [0.25, 0.3) is 0 Å². The molecule has 1 saturated carbocycles. The standard InChI is InChI=1S/C8H15N3.C4H8.C2H6.H2/c1-11-4-2-7-8(3-5-11)10-6-9-7;1-2-4-3-1;1-2;/h9-10H,2-6H2,1H3;1-4H2;1-2H3;1H. The maximum Gasteiger partial charge on any atom is 0.0845 e. The Balaban J connectivity index is 0.000000351. The van der Waals surface area contributed by atoms with E-state index in [0.29, 0.717) is 0 Å². The molecule has 0 amide bonds. The van der Waals surface area contributed by atoms with E-state index in [1.807, 2.05) is 13.8 Å². The summed E-state index contributed by atoms with van der Waals surface area (Å²) in [5.41, 5.74) is 2.88. The predicted molar refractivity (Wildman–Crippen MR) is 76.8 cm³/mol. The first kappa shape index (κ1) is 14.4. The maximum absolute atomic E-state index is 3.36. The third-order valence-electron chi connectivity index (χ3n) is 3.45. The molecule has 2 N–H and O–H groups in total. The van der Waals surface area contributed by atoms with Gasteiger partial charge in [0.05, 0.1) is 6.67 Å². The Kier molecular flexibility index (Phi) is 7.10. The van der Waals surface area contributed by atoms with E-state index in [0.717, 1.165) is 6.67 Å². The van der Waals surface area contributed by atoms with Gasteiger partial charge in [-0.1, -0.05) is 39.5 Å². The van der Waals surface area contributed by atoms with Crippen LogP contribution in [0, 0.1) is 0 Å². The fraction of sp³-hybridized carbons (Fsp3) is 0.857. The van der Waals surface area contributed by atoms with Gasteiger partial charge in [-0.25, -0.2) is 0 Å².